The van der Waals surface area contributed by atoms with Crippen LogP contribution < -0.4 is 0 Å². The molecule has 2 saturated heterocycles. The summed E-state index contributed by atoms with van der Waals surface area (Å²) in [7, 11) is 0. The minimum absolute atomic E-state index is 0.167. The van der Waals surface area contributed by atoms with Gasteiger partial charge in [-0.1, -0.05) is 193 Å². The normalized spacial score (nSPS) is 25.4. The summed E-state index contributed by atoms with van der Waals surface area (Å²) in [4.78, 5) is 25.8. The Morgan fingerprint density at radius 2 is 0.814 bits per heavy atom. The molecular weight excluding hydrogens is 901 g/mol. The van der Waals surface area contributed by atoms with Crippen LogP contribution in [0.5, 0.6) is 0 Å². The Morgan fingerprint density at radius 3 is 1.26 bits per heavy atom. The van der Waals surface area contributed by atoms with Gasteiger partial charge in [-0.25, -0.2) is 0 Å². The summed E-state index contributed by atoms with van der Waals surface area (Å²) in [6, 6.07) is 0. The van der Waals surface area contributed by atoms with Gasteiger partial charge in [0.15, 0.2) is 18.7 Å². The zero-order valence-electron chi connectivity index (χ0n) is 43.8. The summed E-state index contributed by atoms with van der Waals surface area (Å²) >= 11 is 0. The van der Waals surface area contributed by atoms with Crippen LogP contribution in [0.4, 0.5) is 0 Å². The van der Waals surface area contributed by atoms with Gasteiger partial charge >= 0.3 is 11.9 Å². The molecule has 412 valence electrons. The number of allylic oxidation sites excluding steroid dienone is 2. The maximum absolute atomic E-state index is 13.0. The zero-order chi connectivity index (χ0) is 51.0. The Morgan fingerprint density at radius 1 is 0.443 bits per heavy atom. The molecule has 11 atom stereocenters. The van der Waals surface area contributed by atoms with Crippen LogP contribution in [0.25, 0.3) is 0 Å². The van der Waals surface area contributed by atoms with E-state index in [1.165, 1.54) is 154 Å². The smallest absolute Gasteiger partial charge is 0.306 e. The van der Waals surface area contributed by atoms with E-state index in [-0.39, 0.29) is 26.1 Å². The summed E-state index contributed by atoms with van der Waals surface area (Å²) < 4.78 is 33.7. The number of rotatable bonds is 45. The average Bonchev–Trinajstić information content (AvgIpc) is 3.35. The van der Waals surface area contributed by atoms with Crippen molar-refractivity contribution >= 4 is 11.9 Å². The van der Waals surface area contributed by atoms with Crippen LogP contribution in [0.2, 0.25) is 0 Å². The first-order chi connectivity index (χ1) is 34.0. The van der Waals surface area contributed by atoms with Gasteiger partial charge in [0.1, 0.15) is 55.4 Å². The molecule has 0 aromatic rings. The Kier molecular flexibility index (Phi) is 39.1. The molecule has 2 rings (SSSR count). The molecule has 7 N–H and O–H groups in total. The molecule has 0 bridgehead atoms. The number of carbonyl (C=O) groups excluding carboxylic acids is 2. The number of unbranched alkanes of at least 4 members (excludes halogenated alkanes) is 29. The summed E-state index contributed by atoms with van der Waals surface area (Å²) in [5.41, 5.74) is 0. The van der Waals surface area contributed by atoms with Gasteiger partial charge in [0.25, 0.3) is 0 Å². The highest BCUT2D eigenvalue weighted by atomic mass is 16.7. The molecule has 0 saturated carbocycles. The molecule has 2 heterocycles. The molecule has 0 aliphatic carbocycles. The van der Waals surface area contributed by atoms with E-state index in [0.29, 0.717) is 12.8 Å². The van der Waals surface area contributed by atoms with Gasteiger partial charge in [-0.05, 0) is 38.5 Å². The highest BCUT2D eigenvalue weighted by Gasteiger charge is 2.47. The average molecular weight is 1000 g/mol. The Bertz CT molecular complexity index is 1270. The fourth-order valence-electron chi connectivity index (χ4n) is 9.10. The van der Waals surface area contributed by atoms with Crippen molar-refractivity contribution in [2.45, 2.75) is 300 Å². The van der Waals surface area contributed by atoms with Crippen LogP contribution in [0.15, 0.2) is 12.2 Å². The molecular formula is C55H102O15. The number of hydrogen-bond donors (Lipinski definition) is 7. The maximum Gasteiger partial charge on any atom is 0.306 e. The largest absolute Gasteiger partial charge is 0.462 e. The summed E-state index contributed by atoms with van der Waals surface area (Å²) in [5, 5.41) is 72.2. The second kappa shape index (κ2) is 42.6. The molecule has 0 amide bonds. The van der Waals surface area contributed by atoms with Crippen molar-refractivity contribution in [1.82, 2.24) is 0 Å². The van der Waals surface area contributed by atoms with Crippen molar-refractivity contribution in [3.05, 3.63) is 12.2 Å². The molecule has 0 aromatic heterocycles. The number of ether oxygens (including phenoxy) is 6. The lowest BCUT2D eigenvalue weighted by Crippen LogP contribution is -2.61. The monoisotopic (exact) mass is 1000 g/mol. The molecule has 0 aromatic carbocycles. The van der Waals surface area contributed by atoms with Crippen molar-refractivity contribution in [1.29, 1.82) is 0 Å². The second-order valence-corrected chi connectivity index (χ2v) is 20.1. The maximum atomic E-state index is 13.0. The molecule has 2 aliphatic heterocycles. The van der Waals surface area contributed by atoms with Gasteiger partial charge in [-0.15, -0.1) is 0 Å². The van der Waals surface area contributed by atoms with Gasteiger partial charge in [-0.2, -0.15) is 0 Å². The van der Waals surface area contributed by atoms with Crippen molar-refractivity contribution < 1.29 is 73.8 Å². The van der Waals surface area contributed by atoms with E-state index in [9.17, 15) is 45.3 Å². The van der Waals surface area contributed by atoms with Gasteiger partial charge in [-0.3, -0.25) is 9.59 Å². The van der Waals surface area contributed by atoms with Gasteiger partial charge in [0, 0.05) is 12.8 Å². The number of hydrogen-bond acceptors (Lipinski definition) is 15. The Hall–Kier alpha value is -1.76. The predicted molar refractivity (Wildman–Crippen MR) is 271 cm³/mol. The van der Waals surface area contributed by atoms with Crippen molar-refractivity contribution in [2.24, 2.45) is 0 Å². The van der Waals surface area contributed by atoms with E-state index in [4.69, 9.17) is 28.4 Å². The minimum atomic E-state index is -1.76. The van der Waals surface area contributed by atoms with Crippen molar-refractivity contribution in [3.63, 3.8) is 0 Å². The predicted octanol–water partition coefficient (Wildman–Crippen LogP) is 8.94. The molecule has 2 aliphatic rings. The third-order valence-corrected chi connectivity index (χ3v) is 13.7. The lowest BCUT2D eigenvalue weighted by Gasteiger charge is -2.42. The summed E-state index contributed by atoms with van der Waals surface area (Å²) in [6.45, 7) is 2.62. The van der Waals surface area contributed by atoms with E-state index in [1.807, 2.05) is 0 Å². The topological polar surface area (TPSA) is 231 Å². The summed E-state index contributed by atoms with van der Waals surface area (Å²) in [6.07, 6.45) is 26.6. The third-order valence-electron chi connectivity index (χ3n) is 13.7. The highest BCUT2D eigenvalue weighted by molar-refractivity contribution is 5.70. The molecule has 2 fully saturated rings. The van der Waals surface area contributed by atoms with Crippen LogP contribution in [0.1, 0.15) is 232 Å². The molecule has 15 nitrogen and oxygen atoms in total. The molecule has 11 unspecified atom stereocenters. The number of carbonyl (C=O) groups is 2. The highest BCUT2D eigenvalue weighted by Crippen LogP contribution is 2.27. The van der Waals surface area contributed by atoms with Crippen LogP contribution in [0.3, 0.4) is 0 Å². The van der Waals surface area contributed by atoms with E-state index < -0.39 is 92.7 Å². The fraction of sp³-hybridized carbons (Fsp3) is 0.927. The fourth-order valence-corrected chi connectivity index (χ4v) is 9.10. The molecule has 15 heteroatoms. The van der Waals surface area contributed by atoms with Gasteiger partial charge in [0.05, 0.1) is 19.8 Å². The van der Waals surface area contributed by atoms with E-state index in [0.717, 1.165) is 38.5 Å². The van der Waals surface area contributed by atoms with Crippen LogP contribution in [-0.2, 0) is 38.0 Å². The standard InChI is InChI=1S/C55H102O15/c1-3-5-7-9-11-13-15-17-18-19-20-21-22-23-24-26-28-30-32-34-36-38-47(58)68-43(40-65-46(57)37-35-33-31-29-27-25-16-14-12-10-8-6-4-2)41-66-54-53(64)51(62)49(60)45(70-54)42-67-55-52(63)50(61)48(59)44(39-56)69-55/h19-20,43-45,48-56,59-64H,3-18,21-42H2,1-2H3/b20-19-. The lowest BCUT2D eigenvalue weighted by molar-refractivity contribution is -0.332. The van der Waals surface area contributed by atoms with Crippen LogP contribution >= 0.6 is 0 Å². The number of aliphatic hydroxyl groups is 7. The number of aliphatic hydroxyl groups excluding tert-OH is 7. The van der Waals surface area contributed by atoms with Crippen LogP contribution in [0, 0.1) is 0 Å². The first kappa shape index (κ1) is 64.4. The molecule has 0 radical (unpaired) electrons. The SMILES string of the molecule is CCCCCCCCCC/C=C\CCCCCCCCCCCC(=O)OC(COC(=O)CCCCCCCCCCCCCCC)COC1OC(COC2OC(CO)C(O)C(O)C2O)C(O)C(O)C1O. The lowest BCUT2D eigenvalue weighted by atomic mass is 9.98. The van der Waals surface area contributed by atoms with Crippen molar-refractivity contribution in [3.8, 4) is 0 Å². The molecule has 70 heavy (non-hydrogen) atoms. The second-order valence-electron chi connectivity index (χ2n) is 20.1. The first-order valence-electron chi connectivity index (χ1n) is 28.3. The Labute approximate surface area is 422 Å². The van der Waals surface area contributed by atoms with E-state index in [2.05, 4.69) is 26.0 Å². The van der Waals surface area contributed by atoms with E-state index in [1.54, 1.807) is 0 Å². The van der Waals surface area contributed by atoms with Gasteiger partial charge < -0.3 is 64.2 Å². The first-order valence-corrected chi connectivity index (χ1v) is 28.3. The summed E-state index contributed by atoms with van der Waals surface area (Å²) in [5.74, 6) is -0.914. The number of esters is 2. The minimum Gasteiger partial charge on any atom is -0.462 e. The molecule has 0 spiro atoms. The van der Waals surface area contributed by atoms with E-state index >= 15 is 0 Å². The third kappa shape index (κ3) is 29.8. The Balaban J connectivity index is 1.75. The van der Waals surface area contributed by atoms with Crippen LogP contribution in [-0.4, -0.2) is 142 Å². The zero-order valence-corrected chi connectivity index (χ0v) is 43.8. The quantitative estimate of drug-likeness (QED) is 0.0172. The van der Waals surface area contributed by atoms with Gasteiger partial charge in [0.2, 0.25) is 0 Å². The van der Waals surface area contributed by atoms with Crippen molar-refractivity contribution in [2.75, 3.05) is 26.4 Å².